The second kappa shape index (κ2) is 8.70. The monoisotopic (exact) mass is 520 g/mol. The number of rotatable bonds is 3. The van der Waals surface area contributed by atoms with Crippen molar-refractivity contribution in [2.75, 3.05) is 14.2 Å². The average Bonchev–Trinajstić information content (AvgIpc) is 3.27. The summed E-state index contributed by atoms with van der Waals surface area (Å²) < 4.78 is 69.6. The molecule has 0 bridgehead atoms. The Labute approximate surface area is 211 Å². The number of alkyl halides is 3. The van der Waals surface area contributed by atoms with Crippen LogP contribution < -0.4 is 0 Å². The molecule has 3 aliphatic carbocycles. The highest BCUT2D eigenvalue weighted by Crippen LogP contribution is 2.65. The number of carbonyl (C=O) groups excluding carboxylic acids is 2. The summed E-state index contributed by atoms with van der Waals surface area (Å²) in [6, 6.07) is 5.99. The van der Waals surface area contributed by atoms with Crippen molar-refractivity contribution >= 4 is 11.9 Å². The van der Waals surface area contributed by atoms with Gasteiger partial charge in [0.05, 0.1) is 32.0 Å². The number of aromatic nitrogens is 2. The van der Waals surface area contributed by atoms with Crippen LogP contribution >= 0.6 is 0 Å². The van der Waals surface area contributed by atoms with Crippen LogP contribution in [0.5, 0.6) is 0 Å². The van der Waals surface area contributed by atoms with E-state index in [9.17, 15) is 27.2 Å². The largest absolute Gasteiger partial charge is 0.469 e. The summed E-state index contributed by atoms with van der Waals surface area (Å²) in [5.74, 6) is -5.85. The Hall–Kier alpha value is -3.17. The van der Waals surface area contributed by atoms with Crippen molar-refractivity contribution in [2.45, 2.75) is 45.2 Å². The zero-order valence-electron chi connectivity index (χ0n) is 20.8. The number of carbonyl (C=O) groups is 2. The van der Waals surface area contributed by atoms with Crippen LogP contribution in [0.25, 0.3) is 5.69 Å². The Kier molecular flexibility index (Phi) is 5.99. The molecular formula is C27H28F4N2O4. The number of benzene rings is 1. The maximum atomic E-state index is 15.0. The van der Waals surface area contributed by atoms with Gasteiger partial charge in [-0.25, -0.2) is 9.07 Å². The molecule has 1 heterocycles. The third-order valence-corrected chi connectivity index (χ3v) is 8.91. The molecule has 0 radical (unpaired) electrons. The number of halogens is 4. The SMILES string of the molecule is COC(=O)[C@@H]1CC=C2[C@H](CC[C@@H]3Cc4c(cnn4-c4ccc(F)cc4)C[C@]23C)[C@@]1(C(=O)OC)C(F)(F)F. The molecule has 10 heteroatoms. The number of hydrogen-bond donors (Lipinski definition) is 0. The predicted octanol–water partition coefficient (Wildman–Crippen LogP) is 4.98. The molecule has 37 heavy (non-hydrogen) atoms. The standard InChI is InChI=1S/C27H28F4N2O4/c1-25-13-15-14-32-33(18-7-5-17(28)6-8-18)22(15)12-16(25)4-9-20-19(25)10-11-21(23(34)36-2)26(20,24(35)37-3)27(29,30)31/h5-8,10,14,16,20-21H,4,9,11-13H2,1-3H3/t16-,20+,21+,25+,26-/m1/s1. The van der Waals surface area contributed by atoms with Gasteiger partial charge in [0.25, 0.3) is 0 Å². The Bertz CT molecular complexity index is 1270. The lowest BCUT2D eigenvalue weighted by atomic mass is 9.46. The fourth-order valence-corrected chi connectivity index (χ4v) is 7.17. The second-order valence-electron chi connectivity index (χ2n) is 10.5. The molecule has 6 nitrogen and oxygen atoms in total. The molecule has 2 aromatic rings. The number of esters is 2. The lowest BCUT2D eigenvalue weighted by Gasteiger charge is -2.57. The number of fused-ring (bicyclic) bond motifs is 4. The van der Waals surface area contributed by atoms with Crippen molar-refractivity contribution in [3.63, 3.8) is 0 Å². The van der Waals surface area contributed by atoms with Gasteiger partial charge in [-0.15, -0.1) is 0 Å². The summed E-state index contributed by atoms with van der Waals surface area (Å²) in [7, 11) is 1.95. The number of allylic oxidation sites excluding steroid dienone is 2. The molecule has 0 saturated heterocycles. The minimum Gasteiger partial charge on any atom is -0.469 e. The molecule has 1 saturated carbocycles. The molecule has 0 amide bonds. The van der Waals surface area contributed by atoms with E-state index in [1.807, 2.05) is 6.92 Å². The van der Waals surface area contributed by atoms with Gasteiger partial charge in [-0.3, -0.25) is 9.59 Å². The van der Waals surface area contributed by atoms with Crippen molar-refractivity contribution in [3.8, 4) is 5.69 Å². The topological polar surface area (TPSA) is 70.4 Å². The van der Waals surface area contributed by atoms with Crippen LogP contribution in [0.2, 0.25) is 0 Å². The van der Waals surface area contributed by atoms with Crippen molar-refractivity contribution in [1.82, 2.24) is 9.78 Å². The third kappa shape index (κ3) is 3.54. The third-order valence-electron chi connectivity index (χ3n) is 8.91. The molecule has 5 atom stereocenters. The van der Waals surface area contributed by atoms with Gasteiger partial charge in [0.2, 0.25) is 0 Å². The van der Waals surface area contributed by atoms with Crippen LogP contribution in [0.4, 0.5) is 17.6 Å². The predicted molar refractivity (Wildman–Crippen MR) is 124 cm³/mol. The normalized spacial score (nSPS) is 30.9. The fraction of sp³-hybridized carbons (Fsp3) is 0.519. The number of methoxy groups -OCH3 is 2. The Morgan fingerprint density at radius 1 is 1.11 bits per heavy atom. The van der Waals surface area contributed by atoms with Crippen LogP contribution in [0.3, 0.4) is 0 Å². The Morgan fingerprint density at radius 3 is 2.43 bits per heavy atom. The molecule has 5 rings (SSSR count). The van der Waals surface area contributed by atoms with E-state index in [4.69, 9.17) is 9.47 Å². The number of nitrogens with zero attached hydrogens (tertiary/aromatic N) is 2. The van der Waals surface area contributed by atoms with E-state index >= 15 is 0 Å². The maximum absolute atomic E-state index is 15.0. The van der Waals surface area contributed by atoms with Gasteiger partial charge >= 0.3 is 18.1 Å². The molecule has 198 valence electrons. The highest BCUT2D eigenvalue weighted by molar-refractivity contribution is 5.88. The van der Waals surface area contributed by atoms with Gasteiger partial charge in [0.1, 0.15) is 5.82 Å². The second-order valence-corrected chi connectivity index (χ2v) is 10.5. The molecular weight excluding hydrogens is 492 g/mol. The maximum Gasteiger partial charge on any atom is 0.406 e. The van der Waals surface area contributed by atoms with E-state index in [1.54, 1.807) is 29.1 Å². The van der Waals surface area contributed by atoms with E-state index in [0.29, 0.717) is 30.5 Å². The van der Waals surface area contributed by atoms with E-state index in [-0.39, 0.29) is 24.6 Å². The summed E-state index contributed by atoms with van der Waals surface area (Å²) in [5, 5.41) is 4.51. The zero-order chi connectivity index (χ0) is 26.8. The first-order valence-corrected chi connectivity index (χ1v) is 12.2. The Morgan fingerprint density at radius 2 is 1.81 bits per heavy atom. The zero-order valence-corrected chi connectivity index (χ0v) is 20.8. The highest BCUT2D eigenvalue weighted by Gasteiger charge is 2.74. The fourth-order valence-electron chi connectivity index (χ4n) is 7.17. The summed E-state index contributed by atoms with van der Waals surface area (Å²) in [4.78, 5) is 25.7. The molecule has 1 aromatic heterocycles. The summed E-state index contributed by atoms with van der Waals surface area (Å²) in [6.45, 7) is 1.95. The van der Waals surface area contributed by atoms with E-state index in [2.05, 4.69) is 5.10 Å². The van der Waals surface area contributed by atoms with Crippen molar-refractivity contribution in [3.05, 3.63) is 59.2 Å². The molecule has 1 fully saturated rings. The van der Waals surface area contributed by atoms with Gasteiger partial charge in [0, 0.05) is 11.6 Å². The van der Waals surface area contributed by atoms with E-state index in [0.717, 1.165) is 25.5 Å². The van der Waals surface area contributed by atoms with Gasteiger partial charge in [0.15, 0.2) is 5.41 Å². The summed E-state index contributed by atoms with van der Waals surface area (Å²) >= 11 is 0. The molecule has 0 N–H and O–H groups in total. The lowest BCUT2D eigenvalue weighted by molar-refractivity contribution is -0.267. The summed E-state index contributed by atoms with van der Waals surface area (Å²) in [6.07, 6.45) is -0.345. The molecule has 0 spiro atoms. The molecule has 3 aliphatic rings. The first-order chi connectivity index (χ1) is 17.5. The van der Waals surface area contributed by atoms with E-state index in [1.165, 1.54) is 12.1 Å². The first-order valence-electron chi connectivity index (χ1n) is 12.2. The highest BCUT2D eigenvalue weighted by atomic mass is 19.4. The van der Waals surface area contributed by atoms with Crippen LogP contribution in [-0.4, -0.2) is 42.1 Å². The van der Waals surface area contributed by atoms with Gasteiger partial charge in [-0.2, -0.15) is 18.3 Å². The van der Waals surface area contributed by atoms with Crippen molar-refractivity contribution < 1.29 is 36.6 Å². The minimum atomic E-state index is -5.03. The van der Waals surface area contributed by atoms with E-state index < -0.39 is 40.8 Å². The van der Waals surface area contributed by atoms with Crippen LogP contribution in [0, 0.1) is 34.4 Å². The number of ether oxygens (including phenoxy) is 2. The first kappa shape index (κ1) is 25.5. The van der Waals surface area contributed by atoms with Crippen LogP contribution in [0.1, 0.15) is 37.4 Å². The van der Waals surface area contributed by atoms with Crippen molar-refractivity contribution in [2.24, 2.45) is 28.6 Å². The molecule has 0 aliphatic heterocycles. The van der Waals surface area contributed by atoms with Crippen LogP contribution in [-0.2, 0) is 31.9 Å². The van der Waals surface area contributed by atoms with Crippen molar-refractivity contribution in [1.29, 1.82) is 0 Å². The molecule has 1 aromatic carbocycles. The quantitative estimate of drug-likeness (QED) is 0.324. The van der Waals surface area contributed by atoms with Gasteiger partial charge in [-0.05, 0) is 73.3 Å². The minimum absolute atomic E-state index is 0.00310. The number of hydrogen-bond acceptors (Lipinski definition) is 5. The lowest BCUT2D eigenvalue weighted by Crippen LogP contribution is -2.62. The smallest absolute Gasteiger partial charge is 0.406 e. The molecule has 0 unspecified atom stereocenters. The van der Waals surface area contributed by atoms with Crippen LogP contribution in [0.15, 0.2) is 42.1 Å². The Balaban J connectivity index is 1.60. The van der Waals surface area contributed by atoms with Gasteiger partial charge in [-0.1, -0.05) is 18.6 Å². The van der Waals surface area contributed by atoms with Gasteiger partial charge < -0.3 is 9.47 Å². The average molecular weight is 521 g/mol. The summed E-state index contributed by atoms with van der Waals surface area (Å²) in [5.41, 5.74) is -0.586.